The van der Waals surface area contributed by atoms with Gasteiger partial charge in [-0.3, -0.25) is 24.0 Å². The highest BCUT2D eigenvalue weighted by Gasteiger charge is 2.33. The molecule has 5 unspecified atom stereocenters. The Morgan fingerprint density at radius 3 is 1.76 bits per heavy atom. The van der Waals surface area contributed by atoms with Crippen molar-refractivity contribution in [3.63, 3.8) is 0 Å². The molecule has 9 N–H and O–H groups in total. The molecule has 0 radical (unpaired) electrons. The largest absolute Gasteiger partial charge is 0.481 e. The quantitative estimate of drug-likeness (QED) is 0.124. The zero-order valence-electron chi connectivity index (χ0n) is 18.6. The second-order valence-corrected chi connectivity index (χ2v) is 7.95. The van der Waals surface area contributed by atoms with Crippen LogP contribution in [0.4, 0.5) is 0 Å². The Labute approximate surface area is 189 Å². The van der Waals surface area contributed by atoms with Gasteiger partial charge in [0.15, 0.2) is 0 Å². The SMILES string of the molecule is CC(C)CC(NC(=O)C(NC(=O)C(N)CC(=O)O)C(C)O)C(=O)NC(CCC(=O)O)C(=O)O. The lowest BCUT2D eigenvalue weighted by molar-refractivity contribution is -0.143. The topological polar surface area (TPSA) is 245 Å². The Bertz CT molecular complexity index is 740. The van der Waals surface area contributed by atoms with Gasteiger partial charge in [-0.1, -0.05) is 13.8 Å². The predicted molar refractivity (Wildman–Crippen MR) is 112 cm³/mol. The number of hydrogen-bond acceptors (Lipinski definition) is 8. The predicted octanol–water partition coefficient (Wildman–Crippen LogP) is -2.38. The van der Waals surface area contributed by atoms with Crippen molar-refractivity contribution in [1.29, 1.82) is 0 Å². The van der Waals surface area contributed by atoms with Crippen molar-refractivity contribution < 1.29 is 49.2 Å². The van der Waals surface area contributed by atoms with Crippen LogP contribution in [0.1, 0.15) is 46.5 Å². The van der Waals surface area contributed by atoms with Crippen LogP contribution in [0.2, 0.25) is 0 Å². The summed E-state index contributed by atoms with van der Waals surface area (Å²) in [7, 11) is 0. The van der Waals surface area contributed by atoms with Gasteiger partial charge in [0.1, 0.15) is 18.1 Å². The Morgan fingerprint density at radius 1 is 0.788 bits per heavy atom. The first kappa shape index (κ1) is 29.7. The number of nitrogens with two attached hydrogens (primary N) is 1. The molecule has 0 aliphatic heterocycles. The van der Waals surface area contributed by atoms with E-state index < -0.39 is 78.7 Å². The van der Waals surface area contributed by atoms with E-state index >= 15 is 0 Å². The molecule has 14 heteroatoms. The highest BCUT2D eigenvalue weighted by atomic mass is 16.4. The molecule has 0 heterocycles. The molecule has 5 atom stereocenters. The van der Waals surface area contributed by atoms with E-state index in [1.807, 2.05) is 0 Å². The van der Waals surface area contributed by atoms with Gasteiger partial charge in [-0.15, -0.1) is 0 Å². The number of aliphatic carboxylic acids is 3. The van der Waals surface area contributed by atoms with Crippen molar-refractivity contribution in [3.8, 4) is 0 Å². The van der Waals surface area contributed by atoms with Gasteiger partial charge >= 0.3 is 17.9 Å². The summed E-state index contributed by atoms with van der Waals surface area (Å²) in [6.07, 6.45) is -3.00. The number of carboxylic acid groups (broad SMARTS) is 3. The van der Waals surface area contributed by atoms with Gasteiger partial charge < -0.3 is 42.1 Å². The Kier molecular flexibility index (Phi) is 12.6. The number of amides is 3. The molecule has 14 nitrogen and oxygen atoms in total. The molecular formula is C19H32N4O10. The first-order valence-electron chi connectivity index (χ1n) is 10.2. The average molecular weight is 476 g/mol. The monoisotopic (exact) mass is 476 g/mol. The minimum atomic E-state index is -1.58. The van der Waals surface area contributed by atoms with Crippen LogP contribution in [0.5, 0.6) is 0 Å². The molecule has 33 heavy (non-hydrogen) atoms. The van der Waals surface area contributed by atoms with Gasteiger partial charge in [0.2, 0.25) is 17.7 Å². The Hall–Kier alpha value is -3.26. The first-order chi connectivity index (χ1) is 15.1. The maximum atomic E-state index is 12.7. The van der Waals surface area contributed by atoms with Gasteiger partial charge in [-0.25, -0.2) is 4.79 Å². The zero-order valence-corrected chi connectivity index (χ0v) is 18.6. The molecule has 0 fully saturated rings. The summed E-state index contributed by atoms with van der Waals surface area (Å²) in [4.78, 5) is 70.1. The van der Waals surface area contributed by atoms with Crippen molar-refractivity contribution in [1.82, 2.24) is 16.0 Å². The van der Waals surface area contributed by atoms with E-state index in [0.717, 1.165) is 0 Å². The normalized spacial score (nSPS) is 15.5. The molecule has 0 spiro atoms. The Morgan fingerprint density at radius 2 is 1.33 bits per heavy atom. The van der Waals surface area contributed by atoms with Crippen molar-refractivity contribution >= 4 is 35.6 Å². The number of carbonyl (C=O) groups is 6. The molecular weight excluding hydrogens is 444 g/mol. The van der Waals surface area contributed by atoms with E-state index in [1.54, 1.807) is 13.8 Å². The number of hydrogen-bond donors (Lipinski definition) is 8. The van der Waals surface area contributed by atoms with Crippen LogP contribution in [0.3, 0.4) is 0 Å². The van der Waals surface area contributed by atoms with Gasteiger partial charge in [-0.05, 0) is 25.7 Å². The number of aliphatic hydroxyl groups is 1. The second-order valence-electron chi connectivity index (χ2n) is 7.95. The number of carbonyl (C=O) groups excluding carboxylic acids is 3. The molecule has 0 saturated carbocycles. The smallest absolute Gasteiger partial charge is 0.326 e. The molecule has 0 aliphatic carbocycles. The molecule has 0 aromatic rings. The van der Waals surface area contributed by atoms with Crippen LogP contribution >= 0.6 is 0 Å². The third-order valence-electron chi connectivity index (χ3n) is 4.40. The summed E-state index contributed by atoms with van der Waals surface area (Å²) >= 11 is 0. The fourth-order valence-corrected chi connectivity index (χ4v) is 2.71. The highest BCUT2D eigenvalue weighted by molar-refractivity contribution is 5.95. The van der Waals surface area contributed by atoms with E-state index in [9.17, 15) is 39.0 Å². The summed E-state index contributed by atoms with van der Waals surface area (Å²) in [5.41, 5.74) is 5.45. The maximum absolute atomic E-state index is 12.7. The van der Waals surface area contributed by atoms with Gasteiger partial charge in [0, 0.05) is 6.42 Å². The molecule has 0 aromatic heterocycles. The summed E-state index contributed by atoms with van der Waals surface area (Å²) in [5, 5.41) is 43.2. The number of aliphatic hydroxyl groups excluding tert-OH is 1. The zero-order chi connectivity index (χ0) is 25.9. The van der Waals surface area contributed by atoms with E-state index in [2.05, 4.69) is 16.0 Å². The number of carboxylic acids is 3. The summed E-state index contributed by atoms with van der Waals surface area (Å²) in [6.45, 7) is 4.63. The van der Waals surface area contributed by atoms with Crippen LogP contribution < -0.4 is 21.7 Å². The summed E-state index contributed by atoms with van der Waals surface area (Å²) in [6, 6.07) is -5.85. The molecule has 0 aliphatic rings. The second kappa shape index (κ2) is 14.0. The van der Waals surface area contributed by atoms with Crippen LogP contribution in [-0.4, -0.2) is 86.3 Å². The van der Waals surface area contributed by atoms with Crippen molar-refractivity contribution in [2.45, 2.75) is 76.7 Å². The van der Waals surface area contributed by atoms with Gasteiger partial charge in [-0.2, -0.15) is 0 Å². The first-order valence-corrected chi connectivity index (χ1v) is 10.2. The lowest BCUT2D eigenvalue weighted by Gasteiger charge is -2.27. The third kappa shape index (κ3) is 11.8. The van der Waals surface area contributed by atoms with Gasteiger partial charge in [0.25, 0.3) is 0 Å². The van der Waals surface area contributed by atoms with Crippen LogP contribution in [0.15, 0.2) is 0 Å². The fourth-order valence-electron chi connectivity index (χ4n) is 2.71. The Balaban J connectivity index is 5.45. The molecule has 0 aromatic carbocycles. The minimum Gasteiger partial charge on any atom is -0.481 e. The third-order valence-corrected chi connectivity index (χ3v) is 4.40. The summed E-state index contributed by atoms with van der Waals surface area (Å²) < 4.78 is 0. The summed E-state index contributed by atoms with van der Waals surface area (Å²) in [5.74, 6) is -7.10. The van der Waals surface area contributed by atoms with Crippen LogP contribution in [0.25, 0.3) is 0 Å². The highest BCUT2D eigenvalue weighted by Crippen LogP contribution is 2.08. The van der Waals surface area contributed by atoms with E-state index in [-0.39, 0.29) is 18.8 Å². The molecule has 3 amide bonds. The molecule has 0 bridgehead atoms. The van der Waals surface area contributed by atoms with E-state index in [4.69, 9.17) is 15.9 Å². The van der Waals surface area contributed by atoms with E-state index in [0.29, 0.717) is 0 Å². The molecule has 188 valence electrons. The van der Waals surface area contributed by atoms with Gasteiger partial charge in [0.05, 0.1) is 18.6 Å². The van der Waals surface area contributed by atoms with E-state index in [1.165, 1.54) is 6.92 Å². The maximum Gasteiger partial charge on any atom is 0.326 e. The van der Waals surface area contributed by atoms with Crippen molar-refractivity contribution in [2.24, 2.45) is 11.7 Å². The molecule has 0 saturated heterocycles. The standard InChI is InChI=1S/C19H32N4O10/c1-8(2)6-12(17(30)21-11(19(32)33)4-5-13(25)26)22-18(31)15(9(3)24)23-16(29)10(20)7-14(27)28/h8-12,15,24H,4-7,20H2,1-3H3,(H,21,30)(H,22,31)(H,23,29)(H,25,26)(H,27,28)(H,32,33). The lowest BCUT2D eigenvalue weighted by atomic mass is 10.0. The fraction of sp³-hybridized carbons (Fsp3) is 0.684. The molecule has 0 rings (SSSR count). The van der Waals surface area contributed by atoms with Crippen molar-refractivity contribution in [3.05, 3.63) is 0 Å². The van der Waals surface area contributed by atoms with Crippen LogP contribution in [0, 0.1) is 5.92 Å². The average Bonchev–Trinajstić information content (AvgIpc) is 2.66. The van der Waals surface area contributed by atoms with Crippen molar-refractivity contribution in [2.75, 3.05) is 0 Å². The minimum absolute atomic E-state index is 0.0574. The number of nitrogens with one attached hydrogen (secondary N) is 3. The van der Waals surface area contributed by atoms with Crippen LogP contribution in [-0.2, 0) is 28.8 Å². The number of rotatable bonds is 15. The lowest BCUT2D eigenvalue weighted by Crippen LogP contribution is -2.60.